The summed E-state index contributed by atoms with van der Waals surface area (Å²) in [5, 5.41) is 13.9. The fourth-order valence-electron chi connectivity index (χ4n) is 3.78. The highest BCUT2D eigenvalue weighted by atomic mass is 16.5. The van der Waals surface area contributed by atoms with Crippen LogP contribution in [0.15, 0.2) is 47.5 Å². The molecule has 1 saturated carbocycles. The number of phenolic OH excluding ortho intramolecular Hbond substituents is 1. The SMILES string of the molecule is COc1cccc(N2CCN(C(=NC3CC3)Nc3cc(C(C)(C)C)ccc3O)CC2)c1. The molecule has 0 bridgehead atoms. The molecule has 0 amide bonds. The molecule has 1 aliphatic carbocycles. The van der Waals surface area contributed by atoms with Gasteiger partial charge in [-0.3, -0.25) is 0 Å². The van der Waals surface area contributed by atoms with Gasteiger partial charge in [-0.25, -0.2) is 4.99 Å². The Labute approximate surface area is 185 Å². The van der Waals surface area contributed by atoms with Crippen LogP contribution in [-0.2, 0) is 5.41 Å². The van der Waals surface area contributed by atoms with Gasteiger partial charge in [-0.05, 0) is 48.1 Å². The van der Waals surface area contributed by atoms with Crippen molar-refractivity contribution in [2.45, 2.75) is 45.1 Å². The van der Waals surface area contributed by atoms with Crippen molar-refractivity contribution in [3.63, 3.8) is 0 Å². The maximum absolute atomic E-state index is 10.5. The molecule has 4 rings (SSSR count). The molecular weight excluding hydrogens is 388 g/mol. The van der Waals surface area contributed by atoms with E-state index in [0.29, 0.717) is 6.04 Å². The number of piperazine rings is 1. The molecule has 0 atom stereocenters. The number of methoxy groups -OCH3 is 1. The average Bonchev–Trinajstić information content (AvgIpc) is 3.58. The Morgan fingerprint density at radius 1 is 1.06 bits per heavy atom. The van der Waals surface area contributed by atoms with Crippen LogP contribution in [0.5, 0.6) is 11.5 Å². The van der Waals surface area contributed by atoms with Crippen LogP contribution >= 0.6 is 0 Å². The number of phenols is 1. The van der Waals surface area contributed by atoms with E-state index in [1.807, 2.05) is 24.3 Å². The molecule has 0 radical (unpaired) electrons. The molecule has 0 aromatic heterocycles. The number of nitrogens with one attached hydrogen (secondary N) is 1. The summed E-state index contributed by atoms with van der Waals surface area (Å²) in [5.74, 6) is 2.01. The van der Waals surface area contributed by atoms with Crippen molar-refractivity contribution >= 4 is 17.3 Å². The summed E-state index contributed by atoms with van der Waals surface area (Å²) in [6, 6.07) is 14.4. The Kier molecular flexibility index (Phi) is 5.99. The third-order valence-electron chi connectivity index (χ3n) is 5.96. The lowest BCUT2D eigenvalue weighted by atomic mass is 9.87. The topological polar surface area (TPSA) is 60.3 Å². The molecule has 6 nitrogen and oxygen atoms in total. The van der Waals surface area contributed by atoms with E-state index in [9.17, 15) is 5.11 Å². The van der Waals surface area contributed by atoms with Gasteiger partial charge >= 0.3 is 0 Å². The Hall–Kier alpha value is -2.89. The lowest BCUT2D eigenvalue weighted by Gasteiger charge is -2.38. The Morgan fingerprint density at radius 2 is 1.81 bits per heavy atom. The van der Waals surface area contributed by atoms with Crippen LogP contribution in [-0.4, -0.2) is 55.3 Å². The number of benzene rings is 2. The number of anilines is 2. The summed E-state index contributed by atoms with van der Waals surface area (Å²) >= 11 is 0. The Balaban J connectivity index is 1.49. The molecule has 2 aliphatic rings. The zero-order valence-corrected chi connectivity index (χ0v) is 19.1. The molecule has 2 aromatic carbocycles. The van der Waals surface area contributed by atoms with Crippen molar-refractivity contribution < 1.29 is 9.84 Å². The summed E-state index contributed by atoms with van der Waals surface area (Å²) in [7, 11) is 1.70. The minimum Gasteiger partial charge on any atom is -0.506 e. The van der Waals surface area contributed by atoms with Crippen molar-refractivity contribution in [2.75, 3.05) is 43.5 Å². The number of guanidine groups is 1. The van der Waals surface area contributed by atoms with E-state index < -0.39 is 0 Å². The van der Waals surface area contributed by atoms with Crippen LogP contribution in [0.25, 0.3) is 0 Å². The highest BCUT2D eigenvalue weighted by molar-refractivity contribution is 5.95. The first-order valence-corrected chi connectivity index (χ1v) is 11.2. The molecule has 2 N–H and O–H groups in total. The van der Waals surface area contributed by atoms with Crippen molar-refractivity contribution in [1.82, 2.24) is 4.90 Å². The lowest BCUT2D eigenvalue weighted by Crippen LogP contribution is -2.50. The van der Waals surface area contributed by atoms with Gasteiger partial charge in [0.25, 0.3) is 0 Å². The first kappa shape index (κ1) is 21.3. The maximum atomic E-state index is 10.5. The minimum atomic E-state index is 0.0142. The second kappa shape index (κ2) is 8.69. The van der Waals surface area contributed by atoms with E-state index in [0.717, 1.165) is 56.4 Å². The van der Waals surface area contributed by atoms with Gasteiger partial charge in [-0.2, -0.15) is 0 Å². The number of nitrogens with zero attached hydrogens (tertiary/aromatic N) is 3. The molecule has 31 heavy (non-hydrogen) atoms. The summed E-state index contributed by atoms with van der Waals surface area (Å²) in [6.45, 7) is 10.1. The van der Waals surface area contributed by atoms with Gasteiger partial charge in [-0.15, -0.1) is 0 Å². The van der Waals surface area contributed by atoms with E-state index in [1.54, 1.807) is 13.2 Å². The molecule has 1 aliphatic heterocycles. The fourth-order valence-corrected chi connectivity index (χ4v) is 3.78. The van der Waals surface area contributed by atoms with E-state index >= 15 is 0 Å². The van der Waals surface area contributed by atoms with Crippen molar-refractivity contribution in [2.24, 2.45) is 4.99 Å². The Morgan fingerprint density at radius 3 is 2.45 bits per heavy atom. The van der Waals surface area contributed by atoms with Crippen LogP contribution in [0.2, 0.25) is 0 Å². The van der Waals surface area contributed by atoms with Crippen LogP contribution in [0.1, 0.15) is 39.2 Å². The first-order chi connectivity index (χ1) is 14.8. The molecule has 0 spiro atoms. The Bertz CT molecular complexity index is 939. The molecule has 0 unspecified atom stereocenters. The van der Waals surface area contributed by atoms with Gasteiger partial charge in [-0.1, -0.05) is 32.9 Å². The number of aliphatic imine (C=N–C) groups is 1. The predicted molar refractivity (Wildman–Crippen MR) is 128 cm³/mol. The van der Waals surface area contributed by atoms with Crippen LogP contribution in [0.3, 0.4) is 0 Å². The van der Waals surface area contributed by atoms with E-state index in [4.69, 9.17) is 9.73 Å². The number of hydrogen-bond acceptors (Lipinski definition) is 4. The average molecular weight is 423 g/mol. The molecule has 1 saturated heterocycles. The molecule has 2 fully saturated rings. The van der Waals surface area contributed by atoms with Gasteiger partial charge in [0.05, 0.1) is 18.8 Å². The maximum Gasteiger partial charge on any atom is 0.198 e. The van der Waals surface area contributed by atoms with Gasteiger partial charge < -0.3 is 25.0 Å². The van der Waals surface area contributed by atoms with Crippen LogP contribution in [0, 0.1) is 0 Å². The van der Waals surface area contributed by atoms with Gasteiger partial charge in [0.1, 0.15) is 11.5 Å². The normalized spacial score (nSPS) is 17.6. The van der Waals surface area contributed by atoms with Gasteiger partial charge in [0.15, 0.2) is 5.96 Å². The second-order valence-electron chi connectivity index (χ2n) is 9.47. The standard InChI is InChI=1S/C25H34N4O2/c1-25(2,3)18-8-11-23(30)22(16-18)27-24(26-19-9-10-19)29-14-12-28(13-15-29)20-6-5-7-21(17-20)31-4/h5-8,11,16-17,19,30H,9-10,12-15H2,1-4H3,(H,26,27). The highest BCUT2D eigenvalue weighted by Gasteiger charge is 2.26. The largest absolute Gasteiger partial charge is 0.506 e. The smallest absolute Gasteiger partial charge is 0.198 e. The minimum absolute atomic E-state index is 0.0142. The molecule has 6 heteroatoms. The quantitative estimate of drug-likeness (QED) is 0.433. The van der Waals surface area contributed by atoms with Crippen LogP contribution < -0.4 is 15.0 Å². The number of hydrogen-bond donors (Lipinski definition) is 2. The summed E-state index contributed by atoms with van der Waals surface area (Å²) < 4.78 is 5.38. The van der Waals surface area contributed by atoms with E-state index in [1.165, 1.54) is 11.3 Å². The number of rotatable bonds is 4. The zero-order valence-electron chi connectivity index (χ0n) is 19.1. The van der Waals surface area contributed by atoms with E-state index in [2.05, 4.69) is 48.0 Å². The third-order valence-corrected chi connectivity index (χ3v) is 5.96. The highest BCUT2D eigenvalue weighted by Crippen LogP contribution is 2.32. The van der Waals surface area contributed by atoms with Gasteiger partial charge in [0.2, 0.25) is 0 Å². The van der Waals surface area contributed by atoms with Gasteiger partial charge in [0, 0.05) is 37.9 Å². The molecule has 2 aromatic rings. The first-order valence-electron chi connectivity index (χ1n) is 11.2. The zero-order chi connectivity index (χ0) is 22.0. The van der Waals surface area contributed by atoms with Crippen molar-refractivity contribution in [3.05, 3.63) is 48.0 Å². The number of aromatic hydroxyl groups is 1. The predicted octanol–water partition coefficient (Wildman–Crippen LogP) is 4.45. The third kappa shape index (κ3) is 5.24. The van der Waals surface area contributed by atoms with E-state index in [-0.39, 0.29) is 11.2 Å². The molecule has 166 valence electrons. The monoisotopic (exact) mass is 422 g/mol. The summed E-state index contributed by atoms with van der Waals surface area (Å²) in [6.07, 6.45) is 2.28. The molecular formula is C25H34N4O2. The van der Waals surface area contributed by atoms with Crippen molar-refractivity contribution in [3.8, 4) is 11.5 Å². The molecule has 1 heterocycles. The summed E-state index contributed by atoms with van der Waals surface area (Å²) in [4.78, 5) is 9.63. The van der Waals surface area contributed by atoms with Crippen molar-refractivity contribution in [1.29, 1.82) is 0 Å². The fraction of sp³-hybridized carbons (Fsp3) is 0.480. The summed E-state index contributed by atoms with van der Waals surface area (Å²) in [5.41, 5.74) is 3.10. The number of ether oxygens (including phenoxy) is 1. The lowest BCUT2D eigenvalue weighted by molar-refractivity contribution is 0.382. The van der Waals surface area contributed by atoms with Crippen LogP contribution in [0.4, 0.5) is 11.4 Å². The second-order valence-corrected chi connectivity index (χ2v) is 9.47.